The van der Waals surface area contributed by atoms with Crippen molar-refractivity contribution < 1.29 is 19.1 Å². The van der Waals surface area contributed by atoms with E-state index in [1.165, 1.54) is 17.1 Å². The maximum Gasteiger partial charge on any atom is 0.341 e. The van der Waals surface area contributed by atoms with Gasteiger partial charge in [0.1, 0.15) is 5.00 Å². The number of hydrogen-bond donors (Lipinski definition) is 1. The topological polar surface area (TPSA) is 75.7 Å². The SMILES string of the molecule is CCOC(=O)c1c(NC(=O)C=Cc2ccc(Cl)cc2Cl)sc(C(=O)N(C)C)c1C. The first-order valence-corrected chi connectivity index (χ1v) is 10.2. The van der Waals surface area contributed by atoms with Crippen molar-refractivity contribution in [2.45, 2.75) is 13.8 Å². The van der Waals surface area contributed by atoms with Gasteiger partial charge < -0.3 is 15.0 Å². The molecule has 0 saturated carbocycles. The zero-order valence-electron chi connectivity index (χ0n) is 16.3. The molecule has 0 aliphatic heterocycles. The molecule has 0 aliphatic rings. The Labute approximate surface area is 183 Å². The molecule has 2 aromatic rings. The van der Waals surface area contributed by atoms with E-state index in [0.717, 1.165) is 11.3 Å². The molecule has 9 heteroatoms. The highest BCUT2D eigenvalue weighted by molar-refractivity contribution is 7.18. The van der Waals surface area contributed by atoms with E-state index in [-0.39, 0.29) is 23.1 Å². The van der Waals surface area contributed by atoms with Gasteiger partial charge in [0.25, 0.3) is 5.91 Å². The lowest BCUT2D eigenvalue weighted by Gasteiger charge is -2.09. The molecule has 2 amide bonds. The normalized spacial score (nSPS) is 10.8. The number of halogens is 2. The summed E-state index contributed by atoms with van der Waals surface area (Å²) in [5, 5.41) is 3.80. The molecule has 0 atom stereocenters. The molecule has 0 fully saturated rings. The summed E-state index contributed by atoms with van der Waals surface area (Å²) < 4.78 is 5.08. The molecule has 0 unspecified atom stereocenters. The van der Waals surface area contributed by atoms with Crippen LogP contribution in [0.15, 0.2) is 24.3 Å². The average Bonchev–Trinajstić information content (AvgIpc) is 2.96. The Bertz CT molecular complexity index is 983. The van der Waals surface area contributed by atoms with Crippen LogP contribution in [0.4, 0.5) is 5.00 Å². The highest BCUT2D eigenvalue weighted by atomic mass is 35.5. The van der Waals surface area contributed by atoms with Crippen LogP contribution in [0.5, 0.6) is 0 Å². The highest BCUT2D eigenvalue weighted by Gasteiger charge is 2.27. The van der Waals surface area contributed by atoms with Gasteiger partial charge in [0.2, 0.25) is 5.91 Å². The van der Waals surface area contributed by atoms with Gasteiger partial charge in [-0.2, -0.15) is 0 Å². The third kappa shape index (κ3) is 5.59. The van der Waals surface area contributed by atoms with Crippen molar-refractivity contribution in [2.24, 2.45) is 0 Å². The van der Waals surface area contributed by atoms with Gasteiger partial charge in [-0.25, -0.2) is 4.79 Å². The van der Waals surface area contributed by atoms with Crippen molar-refractivity contribution >= 4 is 63.4 Å². The van der Waals surface area contributed by atoms with Crippen LogP contribution in [-0.4, -0.2) is 43.4 Å². The molecule has 1 N–H and O–H groups in total. The van der Waals surface area contributed by atoms with Gasteiger partial charge in [0.05, 0.1) is 17.0 Å². The first-order valence-electron chi connectivity index (χ1n) is 8.62. The fourth-order valence-corrected chi connectivity index (χ4v) is 4.10. The third-order valence-corrected chi connectivity index (χ3v) is 5.60. The number of anilines is 1. The zero-order chi connectivity index (χ0) is 21.7. The Balaban J connectivity index is 2.33. The van der Waals surface area contributed by atoms with Crippen molar-refractivity contribution in [3.8, 4) is 0 Å². The van der Waals surface area contributed by atoms with E-state index >= 15 is 0 Å². The summed E-state index contributed by atoms with van der Waals surface area (Å²) >= 11 is 13.0. The van der Waals surface area contributed by atoms with E-state index in [2.05, 4.69) is 5.32 Å². The molecule has 154 valence electrons. The summed E-state index contributed by atoms with van der Waals surface area (Å²) in [6, 6.07) is 4.91. The van der Waals surface area contributed by atoms with Gasteiger partial charge in [0.15, 0.2) is 0 Å². The van der Waals surface area contributed by atoms with E-state index in [1.807, 2.05) is 0 Å². The number of thiophene rings is 1. The van der Waals surface area contributed by atoms with Crippen molar-refractivity contribution in [3.05, 3.63) is 55.9 Å². The summed E-state index contributed by atoms with van der Waals surface area (Å²) in [6.07, 6.45) is 2.82. The van der Waals surface area contributed by atoms with Crippen LogP contribution in [0.2, 0.25) is 10.0 Å². The lowest BCUT2D eigenvalue weighted by Crippen LogP contribution is -2.21. The summed E-state index contributed by atoms with van der Waals surface area (Å²) in [5.74, 6) is -1.34. The molecule has 1 heterocycles. The van der Waals surface area contributed by atoms with Gasteiger partial charge in [-0.1, -0.05) is 29.3 Å². The van der Waals surface area contributed by atoms with E-state index < -0.39 is 11.9 Å². The van der Waals surface area contributed by atoms with Gasteiger partial charge in [-0.3, -0.25) is 9.59 Å². The predicted octanol–water partition coefficient (Wildman–Crippen LogP) is 4.89. The maximum absolute atomic E-state index is 12.4. The largest absolute Gasteiger partial charge is 0.462 e. The third-order valence-electron chi connectivity index (χ3n) is 3.84. The zero-order valence-corrected chi connectivity index (χ0v) is 18.7. The Morgan fingerprint density at radius 1 is 1.24 bits per heavy atom. The molecule has 1 aromatic heterocycles. The first-order chi connectivity index (χ1) is 13.6. The number of nitrogens with zero attached hydrogens (tertiary/aromatic N) is 1. The Hall–Kier alpha value is -2.35. The lowest BCUT2D eigenvalue weighted by atomic mass is 10.1. The molecule has 0 bridgehead atoms. The molecular weight excluding hydrogens is 435 g/mol. The van der Waals surface area contributed by atoms with E-state index in [0.29, 0.717) is 26.0 Å². The minimum atomic E-state index is -0.598. The minimum Gasteiger partial charge on any atom is -0.462 e. The van der Waals surface area contributed by atoms with Crippen molar-refractivity contribution in [1.29, 1.82) is 0 Å². The van der Waals surface area contributed by atoms with E-state index in [9.17, 15) is 14.4 Å². The van der Waals surface area contributed by atoms with Crippen LogP contribution in [0.25, 0.3) is 6.08 Å². The van der Waals surface area contributed by atoms with Gasteiger partial charge in [-0.05, 0) is 43.2 Å². The fraction of sp³-hybridized carbons (Fsp3) is 0.250. The van der Waals surface area contributed by atoms with Crippen LogP contribution < -0.4 is 5.32 Å². The summed E-state index contributed by atoms with van der Waals surface area (Å²) in [5.41, 5.74) is 1.25. The average molecular weight is 455 g/mol. The second-order valence-electron chi connectivity index (χ2n) is 6.17. The molecule has 0 spiro atoms. The van der Waals surface area contributed by atoms with Gasteiger partial charge in [-0.15, -0.1) is 11.3 Å². The molecule has 29 heavy (non-hydrogen) atoms. The van der Waals surface area contributed by atoms with Crippen LogP contribution in [0, 0.1) is 6.92 Å². The monoisotopic (exact) mass is 454 g/mol. The maximum atomic E-state index is 12.4. The number of amides is 2. The van der Waals surface area contributed by atoms with Gasteiger partial charge >= 0.3 is 5.97 Å². The first kappa shape index (κ1) is 22.9. The number of hydrogen-bond acceptors (Lipinski definition) is 5. The van der Waals surface area contributed by atoms with Crippen LogP contribution in [0.3, 0.4) is 0 Å². The number of rotatable bonds is 6. The smallest absolute Gasteiger partial charge is 0.341 e. The fourth-order valence-electron chi connectivity index (χ4n) is 2.41. The second kappa shape index (κ2) is 9.91. The van der Waals surface area contributed by atoms with Crippen molar-refractivity contribution in [2.75, 3.05) is 26.0 Å². The molecular formula is C20H20Cl2N2O4S. The standard InChI is InChI=1S/C20H20Cl2N2O4S/c1-5-28-20(27)16-11(2)17(19(26)24(3)4)29-18(16)23-15(25)9-7-12-6-8-13(21)10-14(12)22/h6-10H,5H2,1-4H3,(H,23,25). The molecule has 6 nitrogen and oxygen atoms in total. The van der Waals surface area contributed by atoms with Crippen LogP contribution >= 0.6 is 34.5 Å². The Kier molecular flexibility index (Phi) is 7.84. The second-order valence-corrected chi connectivity index (χ2v) is 8.03. The summed E-state index contributed by atoms with van der Waals surface area (Å²) in [7, 11) is 3.23. The highest BCUT2D eigenvalue weighted by Crippen LogP contribution is 2.34. The number of carbonyl (C=O) groups is 3. The minimum absolute atomic E-state index is 0.174. The van der Waals surface area contributed by atoms with E-state index in [1.54, 1.807) is 46.1 Å². The van der Waals surface area contributed by atoms with Crippen molar-refractivity contribution in [3.63, 3.8) is 0 Å². The molecule has 2 rings (SSSR count). The molecule has 0 aliphatic carbocycles. The van der Waals surface area contributed by atoms with Gasteiger partial charge in [0, 0.05) is 30.2 Å². The molecule has 0 radical (unpaired) electrons. The number of nitrogens with one attached hydrogen (secondary N) is 1. The Morgan fingerprint density at radius 2 is 1.93 bits per heavy atom. The quantitative estimate of drug-likeness (QED) is 0.497. The molecule has 0 saturated heterocycles. The van der Waals surface area contributed by atoms with Crippen molar-refractivity contribution in [1.82, 2.24) is 4.90 Å². The molecule has 1 aromatic carbocycles. The predicted molar refractivity (Wildman–Crippen MR) is 117 cm³/mol. The number of benzene rings is 1. The number of esters is 1. The number of ether oxygens (including phenoxy) is 1. The Morgan fingerprint density at radius 3 is 2.52 bits per heavy atom. The lowest BCUT2D eigenvalue weighted by molar-refractivity contribution is -0.111. The van der Waals surface area contributed by atoms with Crippen LogP contribution in [-0.2, 0) is 9.53 Å². The number of carbonyl (C=O) groups excluding carboxylic acids is 3. The summed E-state index contributed by atoms with van der Waals surface area (Å²) in [4.78, 5) is 39.0. The van der Waals surface area contributed by atoms with Crippen LogP contribution in [0.1, 0.15) is 38.1 Å². The van der Waals surface area contributed by atoms with E-state index in [4.69, 9.17) is 27.9 Å². The summed E-state index contributed by atoms with van der Waals surface area (Å²) in [6.45, 7) is 3.51.